The highest BCUT2D eigenvalue weighted by molar-refractivity contribution is 8.00. The predicted molar refractivity (Wildman–Crippen MR) is 100.0 cm³/mol. The number of methoxy groups -OCH3 is 2. The van der Waals surface area contributed by atoms with Gasteiger partial charge < -0.3 is 14.8 Å². The quantitative estimate of drug-likeness (QED) is 0.700. The van der Waals surface area contributed by atoms with Gasteiger partial charge in [0.1, 0.15) is 11.5 Å². The molecule has 0 saturated heterocycles. The average Bonchev–Trinajstić information content (AvgIpc) is 2.57. The highest BCUT2D eigenvalue weighted by Gasteiger charge is 2.18. The number of hydrogen-bond donors (Lipinski definition) is 1. The van der Waals surface area contributed by atoms with E-state index in [1.807, 2.05) is 19.1 Å². The van der Waals surface area contributed by atoms with Crippen LogP contribution in [-0.2, 0) is 4.79 Å². The van der Waals surface area contributed by atoms with Gasteiger partial charge in [0.05, 0.1) is 30.2 Å². The van der Waals surface area contributed by atoms with Crippen molar-refractivity contribution in [3.63, 3.8) is 0 Å². The number of benzene rings is 2. The van der Waals surface area contributed by atoms with Gasteiger partial charge in [-0.3, -0.25) is 4.79 Å². The lowest BCUT2D eigenvalue weighted by Gasteiger charge is -2.16. The summed E-state index contributed by atoms with van der Waals surface area (Å²) in [5.41, 5.74) is 0.507. The molecule has 24 heavy (non-hydrogen) atoms. The van der Waals surface area contributed by atoms with Crippen LogP contribution in [0.1, 0.15) is 6.92 Å². The van der Waals surface area contributed by atoms with Crippen LogP contribution in [0.15, 0.2) is 41.3 Å². The van der Waals surface area contributed by atoms with Crippen LogP contribution in [-0.4, -0.2) is 25.4 Å². The number of thioether (sulfide) groups is 1. The van der Waals surface area contributed by atoms with Crippen molar-refractivity contribution in [3.8, 4) is 11.5 Å². The zero-order valence-electron chi connectivity index (χ0n) is 13.4. The van der Waals surface area contributed by atoms with E-state index in [2.05, 4.69) is 5.32 Å². The highest BCUT2D eigenvalue weighted by atomic mass is 35.5. The molecule has 128 valence electrons. The molecule has 0 aliphatic carbocycles. The maximum absolute atomic E-state index is 12.4. The summed E-state index contributed by atoms with van der Waals surface area (Å²) in [5, 5.41) is 3.61. The van der Waals surface area contributed by atoms with E-state index in [1.54, 1.807) is 24.3 Å². The molecule has 0 saturated carbocycles. The minimum Gasteiger partial charge on any atom is -0.495 e. The highest BCUT2D eigenvalue weighted by Crippen LogP contribution is 2.36. The summed E-state index contributed by atoms with van der Waals surface area (Å²) in [7, 11) is 3.03. The molecule has 2 rings (SSSR count). The second-order valence-electron chi connectivity index (χ2n) is 4.89. The maximum Gasteiger partial charge on any atom is 0.237 e. The van der Waals surface area contributed by atoms with Crippen molar-refractivity contribution in [2.45, 2.75) is 17.1 Å². The topological polar surface area (TPSA) is 47.6 Å². The summed E-state index contributed by atoms with van der Waals surface area (Å²) < 4.78 is 10.4. The molecule has 0 radical (unpaired) electrons. The first-order chi connectivity index (χ1) is 11.4. The number of nitrogens with one attached hydrogen (secondary N) is 1. The molecule has 0 aromatic heterocycles. The van der Waals surface area contributed by atoms with Crippen molar-refractivity contribution < 1.29 is 14.3 Å². The van der Waals surface area contributed by atoms with Gasteiger partial charge in [0.2, 0.25) is 5.91 Å². The van der Waals surface area contributed by atoms with Crippen LogP contribution in [0.4, 0.5) is 5.69 Å². The summed E-state index contributed by atoms with van der Waals surface area (Å²) in [6.07, 6.45) is 0. The van der Waals surface area contributed by atoms with Gasteiger partial charge in [0, 0.05) is 22.1 Å². The Bertz CT molecular complexity index is 723. The predicted octanol–water partition coefficient (Wildman–Crippen LogP) is 5.13. The van der Waals surface area contributed by atoms with E-state index >= 15 is 0 Å². The fourth-order valence-electron chi connectivity index (χ4n) is 1.96. The van der Waals surface area contributed by atoms with Gasteiger partial charge in [-0.25, -0.2) is 0 Å². The normalized spacial score (nSPS) is 11.7. The standard InChI is InChI=1S/C17H17Cl2NO3S/c1-10(24-12-6-4-11(18)5-7-12)17(21)20-14-9-15(22-2)13(19)8-16(14)23-3/h4-10H,1-3H3,(H,20,21). The van der Waals surface area contributed by atoms with Crippen molar-refractivity contribution in [2.75, 3.05) is 19.5 Å². The minimum atomic E-state index is -0.308. The Morgan fingerprint density at radius 2 is 1.71 bits per heavy atom. The Balaban J connectivity index is 2.12. The zero-order chi connectivity index (χ0) is 17.7. The lowest BCUT2D eigenvalue weighted by atomic mass is 10.2. The van der Waals surface area contributed by atoms with E-state index in [-0.39, 0.29) is 11.2 Å². The number of rotatable bonds is 6. The van der Waals surface area contributed by atoms with Gasteiger partial charge >= 0.3 is 0 Å². The second kappa shape index (κ2) is 8.51. The molecule has 1 N–H and O–H groups in total. The Kier molecular flexibility index (Phi) is 6.66. The molecule has 1 amide bonds. The molecule has 0 aliphatic rings. The van der Waals surface area contributed by atoms with E-state index in [0.717, 1.165) is 4.90 Å². The Hall–Kier alpha value is -1.56. The summed E-state index contributed by atoms with van der Waals surface area (Å²) in [6.45, 7) is 1.83. The first-order valence-corrected chi connectivity index (χ1v) is 8.72. The molecule has 0 spiro atoms. The van der Waals surface area contributed by atoms with Gasteiger partial charge in [-0.2, -0.15) is 0 Å². The summed E-state index contributed by atoms with van der Waals surface area (Å²) >= 11 is 13.4. The summed E-state index contributed by atoms with van der Waals surface area (Å²) in [6, 6.07) is 10.6. The zero-order valence-corrected chi connectivity index (χ0v) is 15.8. The van der Waals surface area contributed by atoms with Gasteiger partial charge in [0.15, 0.2) is 0 Å². The van der Waals surface area contributed by atoms with Crippen molar-refractivity contribution in [1.29, 1.82) is 0 Å². The van der Waals surface area contributed by atoms with Crippen molar-refractivity contribution in [2.24, 2.45) is 0 Å². The lowest BCUT2D eigenvalue weighted by molar-refractivity contribution is -0.115. The Morgan fingerprint density at radius 1 is 1.08 bits per heavy atom. The van der Waals surface area contributed by atoms with E-state index in [9.17, 15) is 4.79 Å². The molecule has 2 aromatic rings. The molecule has 1 unspecified atom stereocenters. The molecule has 4 nitrogen and oxygen atoms in total. The number of carbonyl (C=O) groups excluding carboxylic acids is 1. The Labute approximate surface area is 155 Å². The van der Waals surface area contributed by atoms with E-state index in [1.165, 1.54) is 26.0 Å². The molecule has 0 aliphatic heterocycles. The third-order valence-electron chi connectivity index (χ3n) is 3.23. The van der Waals surface area contributed by atoms with Gasteiger partial charge in [-0.15, -0.1) is 11.8 Å². The van der Waals surface area contributed by atoms with E-state index in [0.29, 0.717) is 27.2 Å². The molecule has 0 heterocycles. The minimum absolute atomic E-state index is 0.155. The van der Waals surface area contributed by atoms with Crippen LogP contribution in [0.25, 0.3) is 0 Å². The molecule has 2 aromatic carbocycles. The number of anilines is 1. The van der Waals surface area contributed by atoms with Crippen LogP contribution in [0.2, 0.25) is 10.0 Å². The second-order valence-corrected chi connectivity index (χ2v) is 7.15. The number of halogens is 2. The fraction of sp³-hybridized carbons (Fsp3) is 0.235. The average molecular weight is 386 g/mol. The monoisotopic (exact) mass is 385 g/mol. The first kappa shape index (κ1) is 18.8. The SMILES string of the molecule is COc1cc(NC(=O)C(C)Sc2ccc(Cl)cc2)c(OC)cc1Cl. The van der Waals surface area contributed by atoms with Crippen LogP contribution < -0.4 is 14.8 Å². The number of hydrogen-bond acceptors (Lipinski definition) is 4. The van der Waals surface area contributed by atoms with E-state index in [4.69, 9.17) is 32.7 Å². The Morgan fingerprint density at radius 3 is 2.29 bits per heavy atom. The van der Waals surface area contributed by atoms with Gasteiger partial charge in [0.25, 0.3) is 0 Å². The summed E-state index contributed by atoms with van der Waals surface area (Å²) in [5.74, 6) is 0.779. The van der Waals surface area contributed by atoms with Gasteiger partial charge in [-0.1, -0.05) is 23.2 Å². The van der Waals surface area contributed by atoms with Crippen LogP contribution in [0.5, 0.6) is 11.5 Å². The summed E-state index contributed by atoms with van der Waals surface area (Å²) in [4.78, 5) is 13.4. The molecule has 0 fully saturated rings. The molecular weight excluding hydrogens is 369 g/mol. The molecular formula is C17H17Cl2NO3S. The number of carbonyl (C=O) groups is 1. The van der Waals surface area contributed by atoms with Crippen LogP contribution >= 0.6 is 35.0 Å². The first-order valence-electron chi connectivity index (χ1n) is 7.09. The molecule has 7 heteroatoms. The fourth-order valence-corrected chi connectivity index (χ4v) is 3.19. The molecule has 1 atom stereocenters. The smallest absolute Gasteiger partial charge is 0.237 e. The van der Waals surface area contributed by atoms with Crippen molar-refractivity contribution in [3.05, 3.63) is 46.4 Å². The van der Waals surface area contributed by atoms with Crippen molar-refractivity contribution >= 4 is 46.6 Å². The maximum atomic E-state index is 12.4. The third-order valence-corrected chi connectivity index (χ3v) is 4.89. The van der Waals surface area contributed by atoms with Crippen LogP contribution in [0, 0.1) is 0 Å². The largest absolute Gasteiger partial charge is 0.495 e. The van der Waals surface area contributed by atoms with Gasteiger partial charge in [-0.05, 0) is 31.2 Å². The number of amides is 1. The molecule has 0 bridgehead atoms. The van der Waals surface area contributed by atoms with Crippen molar-refractivity contribution in [1.82, 2.24) is 0 Å². The number of ether oxygens (including phenoxy) is 2. The van der Waals surface area contributed by atoms with E-state index < -0.39 is 0 Å². The third kappa shape index (κ3) is 4.72. The van der Waals surface area contributed by atoms with Crippen LogP contribution in [0.3, 0.4) is 0 Å². The lowest BCUT2D eigenvalue weighted by Crippen LogP contribution is -2.22.